The summed E-state index contributed by atoms with van der Waals surface area (Å²) >= 11 is 2.34. The number of fused-ring (bicyclic) bond motifs is 1. The standard InChI is InChI=1S/C10H12IN/c11-8-5-4-7-2-1-3-10(12)9(7)6-8/h4-6,10H,1-3,12H2/t10-/m0/s1. The van der Waals surface area contributed by atoms with Gasteiger partial charge in [-0.1, -0.05) is 6.07 Å². The van der Waals surface area contributed by atoms with E-state index in [2.05, 4.69) is 40.8 Å². The van der Waals surface area contributed by atoms with E-state index in [1.54, 1.807) is 0 Å². The van der Waals surface area contributed by atoms with Crippen molar-refractivity contribution in [2.24, 2.45) is 5.73 Å². The molecule has 64 valence electrons. The quantitative estimate of drug-likeness (QED) is 0.722. The van der Waals surface area contributed by atoms with Gasteiger partial charge < -0.3 is 5.73 Å². The Balaban J connectivity index is 2.47. The number of aryl methyl sites for hydroxylation is 1. The summed E-state index contributed by atoms with van der Waals surface area (Å²) < 4.78 is 1.30. The van der Waals surface area contributed by atoms with Crippen LogP contribution in [0.2, 0.25) is 0 Å². The van der Waals surface area contributed by atoms with Crippen LogP contribution < -0.4 is 5.73 Å². The molecule has 1 aliphatic carbocycles. The van der Waals surface area contributed by atoms with Gasteiger partial charge in [-0.15, -0.1) is 0 Å². The van der Waals surface area contributed by atoms with Gasteiger partial charge in [-0.3, -0.25) is 0 Å². The van der Waals surface area contributed by atoms with Gasteiger partial charge in [0, 0.05) is 9.61 Å². The van der Waals surface area contributed by atoms with E-state index >= 15 is 0 Å². The monoisotopic (exact) mass is 273 g/mol. The van der Waals surface area contributed by atoms with Crippen LogP contribution in [0.3, 0.4) is 0 Å². The predicted octanol–water partition coefficient (Wildman–Crippen LogP) is 2.63. The van der Waals surface area contributed by atoms with Crippen LogP contribution in [0.5, 0.6) is 0 Å². The van der Waals surface area contributed by atoms with E-state index < -0.39 is 0 Å². The van der Waals surface area contributed by atoms with Crippen LogP contribution in [0, 0.1) is 3.57 Å². The summed E-state index contributed by atoms with van der Waals surface area (Å²) in [5.41, 5.74) is 8.83. The largest absolute Gasteiger partial charge is 0.324 e. The predicted molar refractivity (Wildman–Crippen MR) is 59.0 cm³/mol. The molecule has 0 spiro atoms. The van der Waals surface area contributed by atoms with Crippen molar-refractivity contribution in [1.82, 2.24) is 0 Å². The fraction of sp³-hybridized carbons (Fsp3) is 0.400. The van der Waals surface area contributed by atoms with Gasteiger partial charge in [0.05, 0.1) is 0 Å². The van der Waals surface area contributed by atoms with E-state index in [0.29, 0.717) is 0 Å². The Hall–Kier alpha value is -0.0900. The number of rotatable bonds is 0. The minimum Gasteiger partial charge on any atom is -0.324 e. The molecule has 0 saturated heterocycles. The van der Waals surface area contributed by atoms with Gasteiger partial charge in [-0.2, -0.15) is 0 Å². The number of nitrogens with two attached hydrogens (primary N) is 1. The molecule has 0 aromatic heterocycles. The summed E-state index contributed by atoms with van der Waals surface area (Å²) in [4.78, 5) is 0. The number of benzene rings is 1. The molecule has 1 aromatic rings. The number of hydrogen-bond donors (Lipinski definition) is 1. The lowest BCUT2D eigenvalue weighted by Crippen LogP contribution is -2.17. The first-order chi connectivity index (χ1) is 5.77. The zero-order valence-electron chi connectivity index (χ0n) is 6.89. The van der Waals surface area contributed by atoms with Gasteiger partial charge in [0.25, 0.3) is 0 Å². The number of halogens is 1. The van der Waals surface area contributed by atoms with Crippen LogP contribution in [0.15, 0.2) is 18.2 Å². The molecular formula is C10H12IN. The van der Waals surface area contributed by atoms with Crippen LogP contribution >= 0.6 is 22.6 Å². The molecule has 0 unspecified atom stereocenters. The van der Waals surface area contributed by atoms with Crippen molar-refractivity contribution < 1.29 is 0 Å². The maximum absolute atomic E-state index is 6.01. The summed E-state index contributed by atoms with van der Waals surface area (Å²) in [7, 11) is 0. The Bertz CT molecular complexity index is 296. The average molecular weight is 273 g/mol. The van der Waals surface area contributed by atoms with Crippen LogP contribution in [0.4, 0.5) is 0 Å². The SMILES string of the molecule is N[C@H]1CCCc2ccc(I)cc21. The highest BCUT2D eigenvalue weighted by Gasteiger charge is 2.15. The number of hydrogen-bond acceptors (Lipinski definition) is 1. The van der Waals surface area contributed by atoms with E-state index in [9.17, 15) is 0 Å². The average Bonchev–Trinajstić information content (AvgIpc) is 2.07. The lowest BCUT2D eigenvalue weighted by molar-refractivity contribution is 0.570. The highest BCUT2D eigenvalue weighted by molar-refractivity contribution is 14.1. The Labute approximate surface area is 86.5 Å². The van der Waals surface area contributed by atoms with Crippen LogP contribution in [0.25, 0.3) is 0 Å². The first-order valence-electron chi connectivity index (χ1n) is 4.31. The third-order valence-corrected chi connectivity index (χ3v) is 3.14. The van der Waals surface area contributed by atoms with Crippen molar-refractivity contribution in [1.29, 1.82) is 0 Å². The molecule has 0 radical (unpaired) electrons. The van der Waals surface area contributed by atoms with Crippen LogP contribution in [-0.4, -0.2) is 0 Å². The lowest BCUT2D eigenvalue weighted by Gasteiger charge is -2.22. The van der Waals surface area contributed by atoms with Crippen molar-refractivity contribution >= 4 is 22.6 Å². The maximum atomic E-state index is 6.01. The second-order valence-electron chi connectivity index (χ2n) is 3.34. The topological polar surface area (TPSA) is 26.0 Å². The molecule has 1 aliphatic rings. The van der Waals surface area contributed by atoms with Crippen molar-refractivity contribution in [3.8, 4) is 0 Å². The smallest absolute Gasteiger partial charge is 0.0298 e. The molecule has 12 heavy (non-hydrogen) atoms. The fourth-order valence-corrected chi connectivity index (χ4v) is 2.32. The summed E-state index contributed by atoms with van der Waals surface area (Å²) in [6.45, 7) is 0. The molecular weight excluding hydrogens is 261 g/mol. The van der Waals surface area contributed by atoms with E-state index in [-0.39, 0.29) is 6.04 Å². The molecule has 0 fully saturated rings. The fourth-order valence-electron chi connectivity index (χ4n) is 1.81. The molecule has 0 saturated carbocycles. The molecule has 0 aliphatic heterocycles. The molecule has 1 aromatic carbocycles. The van der Waals surface area contributed by atoms with Crippen molar-refractivity contribution in [2.75, 3.05) is 0 Å². The minimum absolute atomic E-state index is 0.281. The lowest BCUT2D eigenvalue weighted by atomic mass is 9.88. The zero-order valence-corrected chi connectivity index (χ0v) is 9.04. The molecule has 2 N–H and O–H groups in total. The second kappa shape index (κ2) is 3.34. The first-order valence-corrected chi connectivity index (χ1v) is 5.39. The molecule has 2 heteroatoms. The summed E-state index contributed by atoms with van der Waals surface area (Å²) in [6.07, 6.45) is 3.60. The van der Waals surface area contributed by atoms with E-state index in [4.69, 9.17) is 5.73 Å². The molecule has 1 nitrogen and oxygen atoms in total. The van der Waals surface area contributed by atoms with Gasteiger partial charge in [0.1, 0.15) is 0 Å². The van der Waals surface area contributed by atoms with Gasteiger partial charge in [-0.25, -0.2) is 0 Å². The van der Waals surface area contributed by atoms with Crippen molar-refractivity contribution in [3.05, 3.63) is 32.9 Å². The summed E-state index contributed by atoms with van der Waals surface area (Å²) in [6, 6.07) is 6.89. The summed E-state index contributed by atoms with van der Waals surface area (Å²) in [5.74, 6) is 0. The Kier molecular flexibility index (Phi) is 2.37. The first kappa shape index (κ1) is 8.51. The third kappa shape index (κ3) is 1.50. The van der Waals surface area contributed by atoms with E-state index in [0.717, 1.165) is 6.42 Å². The maximum Gasteiger partial charge on any atom is 0.0298 e. The minimum atomic E-state index is 0.281. The normalized spacial score (nSPS) is 22.0. The van der Waals surface area contributed by atoms with E-state index in [1.807, 2.05) is 0 Å². The highest BCUT2D eigenvalue weighted by atomic mass is 127. The molecule has 1 atom stereocenters. The third-order valence-electron chi connectivity index (χ3n) is 2.47. The Morgan fingerprint density at radius 2 is 2.25 bits per heavy atom. The van der Waals surface area contributed by atoms with Gasteiger partial charge >= 0.3 is 0 Å². The Morgan fingerprint density at radius 1 is 1.42 bits per heavy atom. The second-order valence-corrected chi connectivity index (χ2v) is 4.59. The van der Waals surface area contributed by atoms with Crippen LogP contribution in [-0.2, 0) is 6.42 Å². The highest BCUT2D eigenvalue weighted by Crippen LogP contribution is 2.28. The Morgan fingerprint density at radius 3 is 3.08 bits per heavy atom. The van der Waals surface area contributed by atoms with Gasteiger partial charge in [-0.05, 0) is 65.1 Å². The van der Waals surface area contributed by atoms with Crippen molar-refractivity contribution in [3.63, 3.8) is 0 Å². The summed E-state index contributed by atoms with van der Waals surface area (Å²) in [5, 5.41) is 0. The van der Waals surface area contributed by atoms with Crippen LogP contribution in [0.1, 0.15) is 30.0 Å². The van der Waals surface area contributed by atoms with Gasteiger partial charge in [0.15, 0.2) is 0 Å². The molecule has 0 bridgehead atoms. The molecule has 0 amide bonds. The zero-order chi connectivity index (χ0) is 8.55. The van der Waals surface area contributed by atoms with E-state index in [1.165, 1.54) is 27.5 Å². The van der Waals surface area contributed by atoms with Gasteiger partial charge in [0.2, 0.25) is 0 Å². The van der Waals surface area contributed by atoms with Crippen molar-refractivity contribution in [2.45, 2.75) is 25.3 Å². The molecule has 0 heterocycles. The molecule has 2 rings (SSSR count).